The molecule has 0 aromatic carbocycles. The first-order valence-electron chi connectivity index (χ1n) is 8.07. The van der Waals surface area contributed by atoms with Crippen LogP contribution in [0.4, 0.5) is 0 Å². The molecule has 2 fully saturated rings. The maximum absolute atomic E-state index is 12.4. The summed E-state index contributed by atoms with van der Waals surface area (Å²) in [5, 5.41) is 3.18. The lowest BCUT2D eigenvalue weighted by molar-refractivity contribution is -0.128. The molecule has 0 heterocycles. The molecule has 19 heavy (non-hydrogen) atoms. The maximum atomic E-state index is 12.4. The molecule has 0 saturated heterocycles. The second-order valence-electron chi connectivity index (χ2n) is 7.10. The van der Waals surface area contributed by atoms with Crippen LogP contribution in [0.2, 0.25) is 0 Å². The van der Waals surface area contributed by atoms with Gasteiger partial charge >= 0.3 is 0 Å². The molecule has 2 rings (SSSR count). The van der Waals surface area contributed by atoms with Gasteiger partial charge in [-0.25, -0.2) is 0 Å². The number of nitrogens with two attached hydrogens (primary N) is 1. The molecule has 3 N–H and O–H groups in total. The molecule has 2 unspecified atom stereocenters. The Morgan fingerprint density at radius 1 is 1.26 bits per heavy atom. The van der Waals surface area contributed by atoms with E-state index in [1.807, 2.05) is 0 Å². The third-order valence-corrected chi connectivity index (χ3v) is 5.52. The molecule has 0 aromatic rings. The number of amides is 1. The van der Waals surface area contributed by atoms with Gasteiger partial charge in [-0.2, -0.15) is 0 Å². The predicted molar refractivity (Wildman–Crippen MR) is 78.8 cm³/mol. The summed E-state index contributed by atoms with van der Waals surface area (Å²) in [6.07, 6.45) is 10.3. The smallest absolute Gasteiger partial charge is 0.240 e. The van der Waals surface area contributed by atoms with E-state index < -0.39 is 5.54 Å². The van der Waals surface area contributed by atoms with Crippen LogP contribution in [0, 0.1) is 11.3 Å². The minimum absolute atomic E-state index is 0.0961. The second-order valence-corrected chi connectivity index (χ2v) is 7.10. The highest BCUT2D eigenvalue weighted by Crippen LogP contribution is 2.40. The standard InChI is InChI=1S/C16H30N2O/c1-3-15(8-4-5-9-15)12-18-14(19)16(17)10-6-7-13(2)11-16/h13H,3-12,17H2,1-2H3,(H,18,19). The van der Waals surface area contributed by atoms with Crippen molar-refractivity contribution in [2.24, 2.45) is 17.1 Å². The van der Waals surface area contributed by atoms with Gasteiger partial charge in [0.25, 0.3) is 0 Å². The van der Waals surface area contributed by atoms with Gasteiger partial charge in [0.1, 0.15) is 0 Å². The van der Waals surface area contributed by atoms with E-state index in [0.717, 1.165) is 25.8 Å². The molecule has 3 nitrogen and oxygen atoms in total. The monoisotopic (exact) mass is 266 g/mol. The zero-order chi connectivity index (χ0) is 13.9. The molecule has 2 saturated carbocycles. The van der Waals surface area contributed by atoms with Crippen molar-refractivity contribution in [3.05, 3.63) is 0 Å². The molecule has 2 aliphatic rings. The van der Waals surface area contributed by atoms with Crippen molar-refractivity contribution in [1.29, 1.82) is 0 Å². The molecule has 2 atom stereocenters. The van der Waals surface area contributed by atoms with Crippen LogP contribution in [-0.4, -0.2) is 18.0 Å². The maximum Gasteiger partial charge on any atom is 0.240 e. The Morgan fingerprint density at radius 3 is 2.53 bits per heavy atom. The van der Waals surface area contributed by atoms with E-state index in [4.69, 9.17) is 5.73 Å². The Hall–Kier alpha value is -0.570. The van der Waals surface area contributed by atoms with Gasteiger partial charge in [0.15, 0.2) is 0 Å². The lowest BCUT2D eigenvalue weighted by Gasteiger charge is -2.37. The van der Waals surface area contributed by atoms with Crippen LogP contribution in [0.1, 0.15) is 71.6 Å². The van der Waals surface area contributed by atoms with Gasteiger partial charge in [-0.3, -0.25) is 4.79 Å². The third kappa shape index (κ3) is 3.31. The lowest BCUT2D eigenvalue weighted by Crippen LogP contribution is -2.57. The fourth-order valence-corrected chi connectivity index (χ4v) is 4.02. The Bertz CT molecular complexity index is 323. The summed E-state index contributed by atoms with van der Waals surface area (Å²) >= 11 is 0. The van der Waals surface area contributed by atoms with Crippen LogP contribution in [0.3, 0.4) is 0 Å². The number of carbonyl (C=O) groups excluding carboxylic acids is 1. The van der Waals surface area contributed by atoms with E-state index in [1.165, 1.54) is 38.5 Å². The SMILES string of the molecule is CCC1(CNC(=O)C2(N)CCCC(C)C2)CCCC1. The van der Waals surface area contributed by atoms with Crippen molar-refractivity contribution in [2.45, 2.75) is 77.2 Å². The van der Waals surface area contributed by atoms with E-state index in [2.05, 4.69) is 19.2 Å². The van der Waals surface area contributed by atoms with Crippen molar-refractivity contribution in [1.82, 2.24) is 5.32 Å². The van der Waals surface area contributed by atoms with Crippen LogP contribution in [0.5, 0.6) is 0 Å². The van der Waals surface area contributed by atoms with Crippen molar-refractivity contribution in [3.63, 3.8) is 0 Å². The van der Waals surface area contributed by atoms with Gasteiger partial charge in [0.2, 0.25) is 5.91 Å². The molecule has 1 amide bonds. The Labute approximate surface area is 117 Å². The summed E-state index contributed by atoms with van der Waals surface area (Å²) in [5.41, 5.74) is 6.10. The molecule has 0 aliphatic heterocycles. The topological polar surface area (TPSA) is 55.1 Å². The molecular formula is C16H30N2O. The van der Waals surface area contributed by atoms with Crippen LogP contribution in [-0.2, 0) is 4.79 Å². The van der Waals surface area contributed by atoms with Crippen molar-refractivity contribution in [3.8, 4) is 0 Å². The van der Waals surface area contributed by atoms with Gasteiger partial charge in [0, 0.05) is 6.54 Å². The van der Waals surface area contributed by atoms with Crippen LogP contribution in [0.25, 0.3) is 0 Å². The summed E-state index contributed by atoms with van der Waals surface area (Å²) in [7, 11) is 0. The summed E-state index contributed by atoms with van der Waals surface area (Å²) in [6.45, 7) is 5.28. The first kappa shape index (κ1) is 14.8. The molecule has 0 spiro atoms. The average Bonchev–Trinajstić information content (AvgIpc) is 2.85. The van der Waals surface area contributed by atoms with Crippen molar-refractivity contribution < 1.29 is 4.79 Å². The van der Waals surface area contributed by atoms with E-state index in [0.29, 0.717) is 11.3 Å². The van der Waals surface area contributed by atoms with Crippen LogP contribution >= 0.6 is 0 Å². The minimum Gasteiger partial charge on any atom is -0.354 e. The number of rotatable bonds is 4. The van der Waals surface area contributed by atoms with Crippen molar-refractivity contribution in [2.75, 3.05) is 6.54 Å². The first-order valence-corrected chi connectivity index (χ1v) is 8.07. The zero-order valence-corrected chi connectivity index (χ0v) is 12.6. The quantitative estimate of drug-likeness (QED) is 0.822. The van der Waals surface area contributed by atoms with Gasteiger partial charge in [-0.1, -0.05) is 39.5 Å². The Morgan fingerprint density at radius 2 is 1.95 bits per heavy atom. The normalized spacial score (nSPS) is 34.2. The molecule has 0 bridgehead atoms. The van der Waals surface area contributed by atoms with E-state index in [1.54, 1.807) is 0 Å². The fraction of sp³-hybridized carbons (Fsp3) is 0.938. The predicted octanol–water partition coefficient (Wildman–Crippen LogP) is 2.98. The number of hydrogen-bond donors (Lipinski definition) is 2. The van der Waals surface area contributed by atoms with E-state index in [9.17, 15) is 4.79 Å². The molecule has 0 aromatic heterocycles. The second kappa shape index (κ2) is 5.82. The summed E-state index contributed by atoms with van der Waals surface area (Å²) in [6, 6.07) is 0. The summed E-state index contributed by atoms with van der Waals surface area (Å²) in [5.74, 6) is 0.676. The molecule has 0 radical (unpaired) electrons. The van der Waals surface area contributed by atoms with Gasteiger partial charge in [-0.05, 0) is 43.4 Å². The van der Waals surface area contributed by atoms with E-state index >= 15 is 0 Å². The third-order valence-electron chi connectivity index (χ3n) is 5.52. The summed E-state index contributed by atoms with van der Waals surface area (Å²) in [4.78, 5) is 12.4. The van der Waals surface area contributed by atoms with Gasteiger partial charge in [0.05, 0.1) is 5.54 Å². The molecule has 110 valence electrons. The minimum atomic E-state index is -0.606. The highest BCUT2D eigenvalue weighted by atomic mass is 16.2. The summed E-state index contributed by atoms with van der Waals surface area (Å²) < 4.78 is 0. The molecule has 3 heteroatoms. The number of nitrogens with one attached hydrogen (secondary N) is 1. The lowest BCUT2D eigenvalue weighted by atomic mass is 9.76. The van der Waals surface area contributed by atoms with Gasteiger partial charge < -0.3 is 11.1 Å². The molecule has 2 aliphatic carbocycles. The number of hydrogen-bond acceptors (Lipinski definition) is 2. The molecular weight excluding hydrogens is 236 g/mol. The Balaban J connectivity index is 1.89. The number of carbonyl (C=O) groups is 1. The zero-order valence-electron chi connectivity index (χ0n) is 12.6. The van der Waals surface area contributed by atoms with Gasteiger partial charge in [-0.15, -0.1) is 0 Å². The highest BCUT2D eigenvalue weighted by Gasteiger charge is 2.39. The highest BCUT2D eigenvalue weighted by molar-refractivity contribution is 5.86. The van der Waals surface area contributed by atoms with E-state index in [-0.39, 0.29) is 5.91 Å². The van der Waals surface area contributed by atoms with Crippen LogP contribution in [0.15, 0.2) is 0 Å². The largest absolute Gasteiger partial charge is 0.354 e. The Kier molecular flexibility index (Phi) is 4.54. The van der Waals surface area contributed by atoms with Crippen molar-refractivity contribution >= 4 is 5.91 Å². The first-order chi connectivity index (χ1) is 9.00. The van der Waals surface area contributed by atoms with Crippen LogP contribution < -0.4 is 11.1 Å². The average molecular weight is 266 g/mol. The fourth-order valence-electron chi connectivity index (χ4n) is 4.02.